The standard InChI is InChI=1S/C26H21F3N4O5S/c1-14-7-8-20(12-21(14)33(37)38)32-15(2)9-17(16(32)3)10-22-24(35)31(25(36)39-22)13-23(34)30-19-6-4-5-18(11-19)26(27,28)29/h4-12H,13H2,1-3H3,(H,30,34)/b22-10-. The molecular formula is C26H21F3N4O5S. The van der Waals surface area contributed by atoms with Gasteiger partial charge in [0.2, 0.25) is 5.91 Å². The lowest BCUT2D eigenvalue weighted by molar-refractivity contribution is -0.385. The Hall–Kier alpha value is -4.39. The Balaban J connectivity index is 1.53. The quantitative estimate of drug-likeness (QED) is 0.225. The number of aryl methyl sites for hydroxylation is 2. The van der Waals surface area contributed by atoms with Crippen molar-refractivity contribution in [1.29, 1.82) is 0 Å². The SMILES string of the molecule is Cc1ccc(-n2c(C)cc(/C=C3\SC(=O)N(CC(=O)Nc4cccc(C(F)(F)F)c4)C3=O)c2C)cc1[N+](=O)[O-]. The number of amides is 3. The van der Waals surface area contributed by atoms with Crippen LogP contribution < -0.4 is 5.32 Å². The first-order valence-electron chi connectivity index (χ1n) is 11.4. The van der Waals surface area contributed by atoms with Gasteiger partial charge >= 0.3 is 6.18 Å². The van der Waals surface area contributed by atoms with E-state index >= 15 is 0 Å². The van der Waals surface area contributed by atoms with Gasteiger partial charge in [-0.05, 0) is 74.5 Å². The molecule has 39 heavy (non-hydrogen) atoms. The zero-order valence-electron chi connectivity index (χ0n) is 20.8. The Morgan fingerprint density at radius 1 is 1.10 bits per heavy atom. The van der Waals surface area contributed by atoms with Crippen molar-refractivity contribution in [2.24, 2.45) is 0 Å². The van der Waals surface area contributed by atoms with E-state index in [1.165, 1.54) is 18.2 Å². The van der Waals surface area contributed by atoms with E-state index in [0.29, 0.717) is 39.2 Å². The van der Waals surface area contributed by atoms with Crippen molar-refractivity contribution in [1.82, 2.24) is 9.47 Å². The number of nitro benzene ring substituents is 1. The normalized spacial score (nSPS) is 14.8. The van der Waals surface area contributed by atoms with Gasteiger partial charge in [0, 0.05) is 28.7 Å². The molecule has 1 saturated heterocycles. The minimum atomic E-state index is -4.60. The Labute approximate surface area is 224 Å². The van der Waals surface area contributed by atoms with Gasteiger partial charge in [0.05, 0.1) is 21.1 Å². The highest BCUT2D eigenvalue weighted by atomic mass is 32.2. The smallest absolute Gasteiger partial charge is 0.325 e. The third-order valence-electron chi connectivity index (χ3n) is 6.05. The number of aromatic nitrogens is 1. The van der Waals surface area contributed by atoms with Crippen LogP contribution in [0.15, 0.2) is 53.4 Å². The van der Waals surface area contributed by atoms with Crippen LogP contribution in [-0.2, 0) is 15.8 Å². The molecule has 1 fully saturated rings. The summed E-state index contributed by atoms with van der Waals surface area (Å²) in [6.45, 7) is 4.51. The number of alkyl halides is 3. The number of rotatable bonds is 6. The molecule has 0 aliphatic carbocycles. The number of anilines is 1. The number of halogens is 3. The molecule has 0 radical (unpaired) electrons. The lowest BCUT2D eigenvalue weighted by Crippen LogP contribution is -2.36. The summed E-state index contributed by atoms with van der Waals surface area (Å²) in [7, 11) is 0. The number of imide groups is 1. The van der Waals surface area contributed by atoms with Crippen molar-refractivity contribution in [2.75, 3.05) is 11.9 Å². The van der Waals surface area contributed by atoms with E-state index in [9.17, 15) is 37.7 Å². The molecule has 0 bridgehead atoms. The lowest BCUT2D eigenvalue weighted by Gasteiger charge is -2.13. The zero-order chi connectivity index (χ0) is 28.6. The van der Waals surface area contributed by atoms with Gasteiger partial charge in [-0.2, -0.15) is 13.2 Å². The Morgan fingerprint density at radius 2 is 1.82 bits per heavy atom. The number of benzene rings is 2. The van der Waals surface area contributed by atoms with Crippen LogP contribution in [0.1, 0.15) is 28.1 Å². The topological polar surface area (TPSA) is 115 Å². The third-order valence-corrected chi connectivity index (χ3v) is 6.96. The van der Waals surface area contributed by atoms with E-state index in [4.69, 9.17) is 0 Å². The lowest BCUT2D eigenvalue weighted by atomic mass is 10.1. The van der Waals surface area contributed by atoms with E-state index in [0.717, 1.165) is 23.9 Å². The van der Waals surface area contributed by atoms with Gasteiger partial charge in [0.15, 0.2) is 0 Å². The number of hydrogen-bond donors (Lipinski definition) is 1. The first-order valence-corrected chi connectivity index (χ1v) is 12.2. The van der Waals surface area contributed by atoms with Crippen LogP contribution in [0.4, 0.5) is 29.3 Å². The maximum Gasteiger partial charge on any atom is 0.416 e. The van der Waals surface area contributed by atoms with Gasteiger partial charge < -0.3 is 9.88 Å². The minimum Gasteiger partial charge on any atom is -0.325 e. The van der Waals surface area contributed by atoms with Crippen LogP contribution in [0.25, 0.3) is 11.8 Å². The van der Waals surface area contributed by atoms with Crippen LogP contribution in [0.5, 0.6) is 0 Å². The van der Waals surface area contributed by atoms with E-state index in [-0.39, 0.29) is 16.3 Å². The number of nitrogens with one attached hydrogen (secondary N) is 1. The van der Waals surface area contributed by atoms with Gasteiger partial charge in [-0.15, -0.1) is 0 Å². The summed E-state index contributed by atoms with van der Waals surface area (Å²) in [5.41, 5.74) is 1.95. The van der Waals surface area contributed by atoms with Gasteiger partial charge in [-0.1, -0.05) is 12.1 Å². The van der Waals surface area contributed by atoms with E-state index in [1.807, 2.05) is 0 Å². The van der Waals surface area contributed by atoms with Gasteiger partial charge in [0.1, 0.15) is 6.54 Å². The summed E-state index contributed by atoms with van der Waals surface area (Å²) in [5, 5.41) is 13.0. The monoisotopic (exact) mass is 558 g/mol. The van der Waals surface area contributed by atoms with E-state index < -0.39 is 40.3 Å². The Bertz CT molecular complexity index is 1560. The Morgan fingerprint density at radius 3 is 2.49 bits per heavy atom. The molecular weight excluding hydrogens is 537 g/mol. The van der Waals surface area contributed by atoms with E-state index in [1.54, 1.807) is 43.5 Å². The fourth-order valence-electron chi connectivity index (χ4n) is 4.16. The molecule has 2 aromatic carbocycles. The molecule has 3 aromatic rings. The second-order valence-corrected chi connectivity index (χ2v) is 9.78. The highest BCUT2D eigenvalue weighted by Crippen LogP contribution is 2.35. The van der Waals surface area contributed by atoms with Gasteiger partial charge in [0.25, 0.3) is 16.8 Å². The number of nitro groups is 1. The zero-order valence-corrected chi connectivity index (χ0v) is 21.6. The summed E-state index contributed by atoms with van der Waals surface area (Å²) in [6.07, 6.45) is -3.10. The van der Waals surface area contributed by atoms with Gasteiger partial charge in [-0.25, -0.2) is 0 Å². The van der Waals surface area contributed by atoms with Crippen LogP contribution in [0.2, 0.25) is 0 Å². The second kappa shape index (κ2) is 10.4. The van der Waals surface area contributed by atoms with Gasteiger partial charge in [-0.3, -0.25) is 29.4 Å². The highest BCUT2D eigenvalue weighted by Gasteiger charge is 2.37. The highest BCUT2D eigenvalue weighted by molar-refractivity contribution is 8.18. The maximum atomic E-state index is 12.9. The summed E-state index contributed by atoms with van der Waals surface area (Å²) in [4.78, 5) is 49.5. The van der Waals surface area contributed by atoms with Crippen LogP contribution in [0, 0.1) is 30.9 Å². The molecule has 0 unspecified atom stereocenters. The molecule has 0 saturated carbocycles. The van der Waals surface area contributed by atoms with Crippen LogP contribution >= 0.6 is 11.8 Å². The maximum absolute atomic E-state index is 12.9. The van der Waals surface area contributed by atoms with Crippen molar-refractivity contribution >= 4 is 46.3 Å². The van der Waals surface area contributed by atoms with Crippen molar-refractivity contribution < 1.29 is 32.5 Å². The summed E-state index contributed by atoms with van der Waals surface area (Å²) in [5.74, 6) is -1.56. The molecule has 1 aliphatic rings. The number of nitrogens with zero attached hydrogens (tertiary/aromatic N) is 3. The average Bonchev–Trinajstić information content (AvgIpc) is 3.27. The van der Waals surface area contributed by atoms with E-state index in [2.05, 4.69) is 5.32 Å². The number of thioether (sulfide) groups is 1. The largest absolute Gasteiger partial charge is 0.416 e. The molecule has 9 nitrogen and oxygen atoms in total. The number of carbonyl (C=O) groups excluding carboxylic acids is 3. The molecule has 4 rings (SSSR count). The predicted octanol–water partition coefficient (Wildman–Crippen LogP) is 6.00. The van der Waals surface area contributed by atoms with Crippen molar-refractivity contribution in [2.45, 2.75) is 26.9 Å². The van der Waals surface area contributed by atoms with Crippen LogP contribution in [-0.4, -0.2) is 38.0 Å². The molecule has 13 heteroatoms. The first kappa shape index (κ1) is 27.6. The van der Waals surface area contributed by atoms with Crippen LogP contribution in [0.3, 0.4) is 0 Å². The summed E-state index contributed by atoms with van der Waals surface area (Å²) < 4.78 is 40.6. The molecule has 1 aromatic heterocycles. The molecule has 0 atom stereocenters. The number of carbonyl (C=O) groups is 3. The summed E-state index contributed by atoms with van der Waals surface area (Å²) in [6, 6.07) is 10.6. The van der Waals surface area contributed by atoms with Crippen molar-refractivity contribution in [3.8, 4) is 5.69 Å². The molecule has 0 spiro atoms. The number of hydrogen-bond acceptors (Lipinski definition) is 6. The fourth-order valence-corrected chi connectivity index (χ4v) is 4.99. The summed E-state index contributed by atoms with van der Waals surface area (Å²) >= 11 is 0.630. The molecule has 2 heterocycles. The molecule has 202 valence electrons. The second-order valence-electron chi connectivity index (χ2n) is 8.78. The minimum absolute atomic E-state index is 0.0360. The third kappa shape index (κ3) is 5.72. The van der Waals surface area contributed by atoms with Crippen molar-refractivity contribution in [3.05, 3.63) is 91.6 Å². The first-order chi connectivity index (χ1) is 18.3. The fraction of sp³-hybridized carbons (Fsp3) is 0.192. The average molecular weight is 559 g/mol. The Kier molecular flexibility index (Phi) is 7.37. The predicted molar refractivity (Wildman–Crippen MR) is 139 cm³/mol. The van der Waals surface area contributed by atoms with Crippen molar-refractivity contribution in [3.63, 3.8) is 0 Å². The molecule has 1 aliphatic heterocycles. The molecule has 3 amide bonds. The molecule has 1 N–H and O–H groups in total.